The van der Waals surface area contributed by atoms with Gasteiger partial charge in [-0.05, 0) is 39.2 Å². The lowest BCUT2D eigenvalue weighted by molar-refractivity contribution is -0.128. The predicted octanol–water partition coefficient (Wildman–Crippen LogP) is 0.670. The summed E-state index contributed by atoms with van der Waals surface area (Å²) in [5.74, 6) is 0.409. The Morgan fingerprint density at radius 1 is 1.50 bits per heavy atom. The number of piperidine rings is 1. The number of carbonyl (C=O) groups excluding carboxylic acids is 1. The SMILES string of the molecule is CCOC1CC(NC(=O)[C@H]2CCCNC2)C1. The molecule has 0 radical (unpaired) electrons. The zero-order valence-electron chi connectivity index (χ0n) is 10.00. The summed E-state index contributed by atoms with van der Waals surface area (Å²) in [5, 5.41) is 6.38. The van der Waals surface area contributed by atoms with Crippen LogP contribution in [0.2, 0.25) is 0 Å². The van der Waals surface area contributed by atoms with Crippen molar-refractivity contribution in [2.45, 2.75) is 44.8 Å². The van der Waals surface area contributed by atoms with Crippen LogP contribution in [0.15, 0.2) is 0 Å². The highest BCUT2D eigenvalue weighted by atomic mass is 16.5. The average molecular weight is 226 g/mol. The molecule has 1 saturated heterocycles. The highest BCUT2D eigenvalue weighted by Gasteiger charge is 2.32. The fraction of sp³-hybridized carbons (Fsp3) is 0.917. The van der Waals surface area contributed by atoms with Crippen LogP contribution in [0.4, 0.5) is 0 Å². The van der Waals surface area contributed by atoms with Gasteiger partial charge >= 0.3 is 0 Å². The van der Waals surface area contributed by atoms with Crippen molar-refractivity contribution in [2.24, 2.45) is 5.92 Å². The van der Waals surface area contributed by atoms with Crippen molar-refractivity contribution in [1.29, 1.82) is 0 Å². The van der Waals surface area contributed by atoms with Crippen LogP contribution >= 0.6 is 0 Å². The molecule has 0 unspecified atom stereocenters. The van der Waals surface area contributed by atoms with Crippen molar-refractivity contribution >= 4 is 5.91 Å². The van der Waals surface area contributed by atoms with Gasteiger partial charge in [-0.25, -0.2) is 0 Å². The Morgan fingerprint density at radius 3 is 2.94 bits per heavy atom. The summed E-state index contributed by atoms with van der Waals surface area (Å²) in [6, 6.07) is 0.353. The molecule has 4 nitrogen and oxygen atoms in total. The van der Waals surface area contributed by atoms with E-state index in [4.69, 9.17) is 4.74 Å². The first-order valence-corrected chi connectivity index (χ1v) is 6.42. The third-order valence-corrected chi connectivity index (χ3v) is 3.51. The maximum Gasteiger partial charge on any atom is 0.224 e. The molecule has 2 fully saturated rings. The molecule has 4 heteroatoms. The smallest absolute Gasteiger partial charge is 0.224 e. The maximum absolute atomic E-state index is 11.9. The largest absolute Gasteiger partial charge is 0.378 e. The molecule has 1 atom stereocenters. The zero-order chi connectivity index (χ0) is 11.4. The highest BCUT2D eigenvalue weighted by Crippen LogP contribution is 2.24. The maximum atomic E-state index is 11.9. The van der Waals surface area contributed by atoms with Gasteiger partial charge in [-0.3, -0.25) is 4.79 Å². The first kappa shape index (κ1) is 11.9. The van der Waals surface area contributed by atoms with E-state index in [0.29, 0.717) is 12.1 Å². The summed E-state index contributed by atoms with van der Waals surface area (Å²) in [4.78, 5) is 11.9. The highest BCUT2D eigenvalue weighted by molar-refractivity contribution is 5.79. The van der Waals surface area contributed by atoms with Gasteiger partial charge in [0.2, 0.25) is 5.91 Å². The lowest BCUT2D eigenvalue weighted by Crippen LogP contribution is -2.51. The Labute approximate surface area is 97.1 Å². The Bertz CT molecular complexity index is 233. The molecule has 1 aliphatic carbocycles. The van der Waals surface area contributed by atoms with Crippen LogP contribution in [-0.4, -0.2) is 37.7 Å². The number of amides is 1. The molecule has 2 N–H and O–H groups in total. The molecule has 2 rings (SSSR count). The summed E-state index contributed by atoms with van der Waals surface area (Å²) in [7, 11) is 0. The zero-order valence-corrected chi connectivity index (χ0v) is 10.00. The summed E-state index contributed by atoms with van der Waals surface area (Å²) in [6.07, 6.45) is 4.49. The van der Waals surface area contributed by atoms with E-state index in [2.05, 4.69) is 10.6 Å². The minimum absolute atomic E-state index is 0.180. The van der Waals surface area contributed by atoms with Crippen molar-refractivity contribution in [3.8, 4) is 0 Å². The molecule has 0 spiro atoms. The van der Waals surface area contributed by atoms with Gasteiger partial charge in [0.25, 0.3) is 0 Å². The second-order valence-electron chi connectivity index (χ2n) is 4.80. The van der Waals surface area contributed by atoms with E-state index in [1.807, 2.05) is 6.92 Å². The van der Waals surface area contributed by atoms with Crippen molar-refractivity contribution < 1.29 is 9.53 Å². The van der Waals surface area contributed by atoms with Gasteiger partial charge < -0.3 is 15.4 Å². The molecule has 0 bridgehead atoms. The molecule has 1 amide bonds. The third-order valence-electron chi connectivity index (χ3n) is 3.51. The first-order chi connectivity index (χ1) is 7.79. The molecule has 0 aromatic carbocycles. The lowest BCUT2D eigenvalue weighted by atomic mass is 9.88. The number of ether oxygens (including phenoxy) is 1. The van der Waals surface area contributed by atoms with Gasteiger partial charge in [0.05, 0.1) is 12.0 Å². The molecule has 16 heavy (non-hydrogen) atoms. The van der Waals surface area contributed by atoms with Gasteiger partial charge in [-0.15, -0.1) is 0 Å². The van der Waals surface area contributed by atoms with Crippen LogP contribution in [-0.2, 0) is 9.53 Å². The van der Waals surface area contributed by atoms with E-state index in [9.17, 15) is 4.79 Å². The minimum Gasteiger partial charge on any atom is -0.378 e. The van der Waals surface area contributed by atoms with E-state index >= 15 is 0 Å². The fourth-order valence-corrected chi connectivity index (χ4v) is 2.45. The normalized spacial score (nSPS) is 34.2. The average Bonchev–Trinajstić information content (AvgIpc) is 2.27. The van der Waals surface area contributed by atoms with Crippen LogP contribution in [0, 0.1) is 5.92 Å². The number of nitrogens with one attached hydrogen (secondary N) is 2. The lowest BCUT2D eigenvalue weighted by Gasteiger charge is -2.36. The number of hydrogen-bond acceptors (Lipinski definition) is 3. The van der Waals surface area contributed by atoms with E-state index in [1.165, 1.54) is 0 Å². The quantitative estimate of drug-likeness (QED) is 0.741. The van der Waals surface area contributed by atoms with Gasteiger partial charge in [0, 0.05) is 19.2 Å². The third kappa shape index (κ3) is 2.95. The van der Waals surface area contributed by atoms with Gasteiger partial charge in [0.15, 0.2) is 0 Å². The molecule has 2 aliphatic rings. The number of hydrogen-bond donors (Lipinski definition) is 2. The Hall–Kier alpha value is -0.610. The topological polar surface area (TPSA) is 50.4 Å². The molecule has 92 valence electrons. The van der Waals surface area contributed by atoms with Gasteiger partial charge in [-0.1, -0.05) is 0 Å². The van der Waals surface area contributed by atoms with Gasteiger partial charge in [-0.2, -0.15) is 0 Å². The molecule has 0 aromatic rings. The van der Waals surface area contributed by atoms with Crippen LogP contribution in [0.5, 0.6) is 0 Å². The van der Waals surface area contributed by atoms with E-state index in [1.54, 1.807) is 0 Å². The van der Waals surface area contributed by atoms with Crippen LogP contribution in [0.1, 0.15) is 32.6 Å². The molecule has 1 heterocycles. The van der Waals surface area contributed by atoms with Crippen molar-refractivity contribution in [3.05, 3.63) is 0 Å². The summed E-state index contributed by atoms with van der Waals surface area (Å²) in [5.41, 5.74) is 0. The molecular formula is C12H22N2O2. The monoisotopic (exact) mass is 226 g/mol. The Kier molecular flexibility index (Phi) is 4.18. The van der Waals surface area contributed by atoms with Crippen molar-refractivity contribution in [1.82, 2.24) is 10.6 Å². The molecular weight excluding hydrogens is 204 g/mol. The van der Waals surface area contributed by atoms with Crippen molar-refractivity contribution in [3.63, 3.8) is 0 Å². The standard InChI is InChI=1S/C12H22N2O2/c1-2-16-11-6-10(7-11)14-12(15)9-4-3-5-13-8-9/h9-11,13H,2-8H2,1H3,(H,14,15)/t9-,10?,11?/m0/s1. The fourth-order valence-electron chi connectivity index (χ4n) is 2.45. The van der Waals surface area contributed by atoms with Gasteiger partial charge in [0.1, 0.15) is 0 Å². The van der Waals surface area contributed by atoms with Crippen LogP contribution < -0.4 is 10.6 Å². The van der Waals surface area contributed by atoms with E-state index < -0.39 is 0 Å². The summed E-state index contributed by atoms with van der Waals surface area (Å²) in [6.45, 7) is 4.69. The Balaban J connectivity index is 1.64. The minimum atomic E-state index is 0.180. The van der Waals surface area contributed by atoms with Crippen LogP contribution in [0.25, 0.3) is 0 Å². The second-order valence-corrected chi connectivity index (χ2v) is 4.80. The van der Waals surface area contributed by atoms with Crippen LogP contribution in [0.3, 0.4) is 0 Å². The summed E-state index contributed by atoms with van der Waals surface area (Å²) < 4.78 is 5.47. The number of carbonyl (C=O) groups is 1. The predicted molar refractivity (Wildman–Crippen MR) is 62.2 cm³/mol. The molecule has 0 aromatic heterocycles. The number of rotatable bonds is 4. The van der Waals surface area contributed by atoms with Crippen molar-refractivity contribution in [2.75, 3.05) is 19.7 Å². The Morgan fingerprint density at radius 2 is 2.31 bits per heavy atom. The molecule has 1 aliphatic heterocycles. The second kappa shape index (κ2) is 5.64. The molecule has 1 saturated carbocycles. The van der Waals surface area contributed by atoms with E-state index in [-0.39, 0.29) is 11.8 Å². The van der Waals surface area contributed by atoms with E-state index in [0.717, 1.165) is 45.4 Å². The first-order valence-electron chi connectivity index (χ1n) is 6.42. The summed E-state index contributed by atoms with van der Waals surface area (Å²) >= 11 is 0.